The van der Waals surface area contributed by atoms with Gasteiger partial charge < -0.3 is 20.1 Å². The van der Waals surface area contributed by atoms with Gasteiger partial charge in [-0.2, -0.15) is 0 Å². The van der Waals surface area contributed by atoms with Crippen LogP contribution in [0.3, 0.4) is 0 Å². The third kappa shape index (κ3) is 9.89. The summed E-state index contributed by atoms with van der Waals surface area (Å²) in [5, 5.41) is 6.00. The number of rotatable bonds is 10. The molecule has 0 unspecified atom stereocenters. The maximum absolute atomic E-state index is 11.3. The molecule has 0 aliphatic rings. The second kappa shape index (κ2) is 10.9. The van der Waals surface area contributed by atoms with Crippen molar-refractivity contribution < 1.29 is 14.3 Å². The van der Waals surface area contributed by atoms with Gasteiger partial charge in [-0.1, -0.05) is 6.92 Å². The van der Waals surface area contributed by atoms with E-state index in [4.69, 9.17) is 9.47 Å². The quantitative estimate of drug-likeness (QED) is 0.527. The van der Waals surface area contributed by atoms with Crippen LogP contribution in [0.5, 0.6) is 0 Å². The van der Waals surface area contributed by atoms with E-state index in [2.05, 4.69) is 10.6 Å². The Bertz CT molecular complexity index is 177. The summed E-state index contributed by atoms with van der Waals surface area (Å²) >= 11 is 0. The van der Waals surface area contributed by atoms with E-state index in [9.17, 15) is 4.79 Å². The zero-order chi connectivity index (χ0) is 12.2. The topological polar surface area (TPSA) is 59.6 Å². The maximum Gasteiger partial charge on any atom is 0.246 e. The van der Waals surface area contributed by atoms with Crippen LogP contribution in [0.4, 0.5) is 0 Å². The van der Waals surface area contributed by atoms with Crippen LogP contribution in [-0.4, -0.2) is 51.5 Å². The summed E-state index contributed by atoms with van der Waals surface area (Å²) in [6.45, 7) is 9.30. The SMILES string of the molecule is CCN[C@H](C)CNC(=O)COCCOCC. The van der Waals surface area contributed by atoms with Crippen molar-refractivity contribution in [2.75, 3.05) is 39.5 Å². The van der Waals surface area contributed by atoms with Crippen molar-refractivity contribution in [3.63, 3.8) is 0 Å². The lowest BCUT2D eigenvalue weighted by molar-refractivity contribution is -0.126. The number of ether oxygens (including phenoxy) is 2. The fourth-order valence-corrected chi connectivity index (χ4v) is 1.17. The van der Waals surface area contributed by atoms with E-state index in [0.29, 0.717) is 26.4 Å². The molecule has 0 saturated heterocycles. The highest BCUT2D eigenvalue weighted by Crippen LogP contribution is 1.81. The van der Waals surface area contributed by atoms with Crippen molar-refractivity contribution in [1.29, 1.82) is 0 Å². The molecule has 0 rings (SSSR count). The molecule has 0 aromatic carbocycles. The Balaban J connectivity index is 3.30. The normalized spacial score (nSPS) is 12.4. The average molecular weight is 232 g/mol. The molecule has 0 aromatic heterocycles. The van der Waals surface area contributed by atoms with Crippen molar-refractivity contribution in [2.24, 2.45) is 0 Å². The molecule has 0 saturated carbocycles. The Hall–Kier alpha value is -0.650. The number of hydrogen-bond acceptors (Lipinski definition) is 4. The monoisotopic (exact) mass is 232 g/mol. The number of likely N-dealkylation sites (N-methyl/N-ethyl adjacent to an activating group) is 1. The molecule has 0 aliphatic carbocycles. The Kier molecular flexibility index (Phi) is 10.4. The molecule has 0 heterocycles. The molecule has 0 bridgehead atoms. The molecule has 16 heavy (non-hydrogen) atoms. The second-order valence-corrected chi connectivity index (χ2v) is 3.51. The van der Waals surface area contributed by atoms with Crippen LogP contribution in [0.2, 0.25) is 0 Å². The summed E-state index contributed by atoms with van der Waals surface area (Å²) in [5.74, 6) is -0.0822. The Labute approximate surface area is 97.9 Å². The Morgan fingerprint density at radius 2 is 1.94 bits per heavy atom. The molecular formula is C11H24N2O3. The first-order chi connectivity index (χ1) is 7.70. The van der Waals surface area contributed by atoms with Crippen LogP contribution in [0.25, 0.3) is 0 Å². The van der Waals surface area contributed by atoms with Crippen molar-refractivity contribution in [3.8, 4) is 0 Å². The summed E-state index contributed by atoms with van der Waals surface area (Å²) in [6, 6.07) is 0.289. The fraction of sp³-hybridized carbons (Fsp3) is 0.909. The molecule has 96 valence electrons. The number of hydrogen-bond donors (Lipinski definition) is 2. The summed E-state index contributed by atoms with van der Waals surface area (Å²) in [7, 11) is 0. The van der Waals surface area contributed by atoms with Gasteiger partial charge in [-0.15, -0.1) is 0 Å². The van der Waals surface area contributed by atoms with Crippen LogP contribution >= 0.6 is 0 Å². The molecular weight excluding hydrogens is 208 g/mol. The summed E-state index contributed by atoms with van der Waals surface area (Å²) in [5.41, 5.74) is 0. The number of carbonyl (C=O) groups excluding carboxylic acids is 1. The van der Waals surface area contributed by atoms with Crippen molar-refractivity contribution in [2.45, 2.75) is 26.8 Å². The highest BCUT2D eigenvalue weighted by atomic mass is 16.5. The van der Waals surface area contributed by atoms with Crippen LogP contribution in [0.1, 0.15) is 20.8 Å². The third-order valence-electron chi connectivity index (χ3n) is 1.97. The highest BCUT2D eigenvalue weighted by molar-refractivity contribution is 5.77. The van der Waals surface area contributed by atoms with Crippen LogP contribution in [0, 0.1) is 0 Å². The minimum atomic E-state index is -0.0822. The largest absolute Gasteiger partial charge is 0.379 e. The van der Waals surface area contributed by atoms with E-state index in [1.807, 2.05) is 20.8 Å². The van der Waals surface area contributed by atoms with E-state index in [-0.39, 0.29) is 18.6 Å². The van der Waals surface area contributed by atoms with Gasteiger partial charge in [0.15, 0.2) is 0 Å². The fourth-order valence-electron chi connectivity index (χ4n) is 1.17. The molecule has 1 amide bonds. The first kappa shape index (κ1) is 15.3. The predicted molar refractivity (Wildman–Crippen MR) is 63.5 cm³/mol. The molecule has 5 heteroatoms. The second-order valence-electron chi connectivity index (χ2n) is 3.51. The highest BCUT2D eigenvalue weighted by Gasteiger charge is 2.03. The van der Waals surface area contributed by atoms with Gasteiger partial charge in [0.2, 0.25) is 5.91 Å². The first-order valence-electron chi connectivity index (χ1n) is 5.86. The zero-order valence-electron chi connectivity index (χ0n) is 10.5. The molecule has 0 spiro atoms. The number of nitrogens with one attached hydrogen (secondary N) is 2. The first-order valence-corrected chi connectivity index (χ1v) is 5.86. The Morgan fingerprint density at radius 3 is 2.56 bits per heavy atom. The van der Waals surface area contributed by atoms with Gasteiger partial charge in [-0.25, -0.2) is 0 Å². The van der Waals surface area contributed by atoms with Crippen molar-refractivity contribution >= 4 is 5.91 Å². The van der Waals surface area contributed by atoms with Gasteiger partial charge in [0, 0.05) is 19.2 Å². The molecule has 0 radical (unpaired) electrons. The van der Waals surface area contributed by atoms with Crippen LogP contribution in [-0.2, 0) is 14.3 Å². The van der Waals surface area contributed by atoms with E-state index in [1.54, 1.807) is 0 Å². The zero-order valence-corrected chi connectivity index (χ0v) is 10.5. The molecule has 2 N–H and O–H groups in total. The lowest BCUT2D eigenvalue weighted by Gasteiger charge is -2.13. The van der Waals surface area contributed by atoms with Gasteiger partial charge in [0.1, 0.15) is 6.61 Å². The smallest absolute Gasteiger partial charge is 0.246 e. The lowest BCUT2D eigenvalue weighted by atomic mass is 10.3. The molecule has 1 atom stereocenters. The van der Waals surface area contributed by atoms with E-state index < -0.39 is 0 Å². The van der Waals surface area contributed by atoms with Gasteiger partial charge in [0.25, 0.3) is 0 Å². The standard InChI is InChI=1S/C11H24N2O3/c1-4-12-10(3)8-13-11(14)9-16-7-6-15-5-2/h10,12H,4-9H2,1-3H3,(H,13,14)/t10-/m1/s1. The minimum absolute atomic E-state index is 0.0822. The van der Waals surface area contributed by atoms with Crippen LogP contribution < -0.4 is 10.6 Å². The van der Waals surface area contributed by atoms with Gasteiger partial charge in [-0.05, 0) is 20.4 Å². The maximum atomic E-state index is 11.3. The average Bonchev–Trinajstić information content (AvgIpc) is 2.26. The summed E-state index contributed by atoms with van der Waals surface area (Å²) in [6.07, 6.45) is 0. The third-order valence-corrected chi connectivity index (χ3v) is 1.97. The Morgan fingerprint density at radius 1 is 1.25 bits per heavy atom. The molecule has 5 nitrogen and oxygen atoms in total. The minimum Gasteiger partial charge on any atom is -0.379 e. The predicted octanol–water partition coefficient (Wildman–Crippen LogP) is 0.154. The van der Waals surface area contributed by atoms with Crippen molar-refractivity contribution in [3.05, 3.63) is 0 Å². The lowest BCUT2D eigenvalue weighted by Crippen LogP contribution is -2.40. The van der Waals surface area contributed by atoms with E-state index in [1.165, 1.54) is 0 Å². The van der Waals surface area contributed by atoms with Gasteiger partial charge in [0.05, 0.1) is 13.2 Å². The van der Waals surface area contributed by atoms with E-state index >= 15 is 0 Å². The molecule has 0 aliphatic heterocycles. The van der Waals surface area contributed by atoms with Crippen molar-refractivity contribution in [1.82, 2.24) is 10.6 Å². The summed E-state index contributed by atoms with van der Waals surface area (Å²) < 4.78 is 10.2. The number of amides is 1. The number of carbonyl (C=O) groups is 1. The summed E-state index contributed by atoms with van der Waals surface area (Å²) in [4.78, 5) is 11.3. The van der Waals surface area contributed by atoms with Gasteiger partial charge >= 0.3 is 0 Å². The van der Waals surface area contributed by atoms with E-state index in [0.717, 1.165) is 6.54 Å². The van der Waals surface area contributed by atoms with Gasteiger partial charge in [-0.3, -0.25) is 4.79 Å². The molecule has 0 fully saturated rings. The molecule has 0 aromatic rings. The van der Waals surface area contributed by atoms with Crippen LogP contribution in [0.15, 0.2) is 0 Å².